The molecular weight excluding hydrogens is 234 g/mol. The van der Waals surface area contributed by atoms with E-state index >= 15 is 0 Å². The van der Waals surface area contributed by atoms with Crippen molar-refractivity contribution in [2.75, 3.05) is 0 Å². The van der Waals surface area contributed by atoms with Crippen LogP contribution in [0.15, 0.2) is 24.3 Å². The van der Waals surface area contributed by atoms with Crippen LogP contribution < -0.4 is 0 Å². The molecule has 0 fully saturated rings. The molecule has 2 aromatic rings. The minimum atomic E-state index is 0.160. The van der Waals surface area contributed by atoms with Gasteiger partial charge in [0.25, 0.3) is 0 Å². The van der Waals surface area contributed by atoms with Gasteiger partial charge >= 0.3 is 0 Å². The van der Waals surface area contributed by atoms with Gasteiger partial charge in [0, 0.05) is 16.9 Å². The number of fused-ring (bicyclic) bond motifs is 1. The zero-order valence-electron chi connectivity index (χ0n) is 9.14. The molecule has 0 aliphatic heterocycles. The van der Waals surface area contributed by atoms with Gasteiger partial charge in [0.2, 0.25) is 0 Å². The molecule has 0 saturated carbocycles. The third-order valence-electron chi connectivity index (χ3n) is 2.88. The lowest BCUT2D eigenvalue weighted by Gasteiger charge is -2.06. The summed E-state index contributed by atoms with van der Waals surface area (Å²) in [5, 5.41) is 10.1. The van der Waals surface area contributed by atoms with E-state index in [4.69, 9.17) is 0 Å². The SMILES string of the molecule is O=C1CCCc2sc(-c3ccc(O)cc3)nc21. The van der Waals surface area contributed by atoms with Crippen LogP contribution in [-0.2, 0) is 6.42 Å². The molecule has 0 saturated heterocycles. The largest absolute Gasteiger partial charge is 0.508 e. The number of Topliss-reactive ketones (excluding diaryl/α,β-unsaturated/α-hetero) is 1. The number of nitrogens with zero attached hydrogens (tertiary/aromatic N) is 1. The summed E-state index contributed by atoms with van der Waals surface area (Å²) in [4.78, 5) is 17.2. The van der Waals surface area contributed by atoms with E-state index in [0.29, 0.717) is 12.1 Å². The minimum absolute atomic E-state index is 0.160. The monoisotopic (exact) mass is 245 g/mol. The highest BCUT2D eigenvalue weighted by molar-refractivity contribution is 7.15. The van der Waals surface area contributed by atoms with Gasteiger partial charge in [0.15, 0.2) is 5.78 Å². The lowest BCUT2D eigenvalue weighted by molar-refractivity contribution is 0.0968. The maximum atomic E-state index is 11.7. The van der Waals surface area contributed by atoms with Gasteiger partial charge in [0.1, 0.15) is 16.5 Å². The Labute approximate surface area is 103 Å². The number of carbonyl (C=O) groups excluding carboxylic acids is 1. The number of hydrogen-bond acceptors (Lipinski definition) is 4. The standard InChI is InChI=1S/C13H11NO2S/c15-9-6-4-8(5-7-9)13-14-12-10(16)2-1-3-11(12)17-13/h4-7,15H,1-3H2. The van der Waals surface area contributed by atoms with Crippen LogP contribution in [0.1, 0.15) is 28.2 Å². The average Bonchev–Trinajstić information content (AvgIpc) is 2.75. The zero-order chi connectivity index (χ0) is 11.8. The van der Waals surface area contributed by atoms with Crippen molar-refractivity contribution >= 4 is 17.1 Å². The van der Waals surface area contributed by atoms with Gasteiger partial charge in [-0.25, -0.2) is 4.98 Å². The topological polar surface area (TPSA) is 50.2 Å². The molecule has 0 atom stereocenters. The maximum Gasteiger partial charge on any atom is 0.182 e. The van der Waals surface area contributed by atoms with E-state index in [1.807, 2.05) is 12.1 Å². The summed E-state index contributed by atoms with van der Waals surface area (Å²) >= 11 is 1.58. The van der Waals surface area contributed by atoms with Gasteiger partial charge < -0.3 is 5.11 Å². The Morgan fingerprint density at radius 3 is 2.65 bits per heavy atom. The Bertz CT molecular complexity index is 572. The second-order valence-corrected chi connectivity index (χ2v) is 5.20. The number of rotatable bonds is 1. The van der Waals surface area contributed by atoms with Crippen LogP contribution in [0.3, 0.4) is 0 Å². The van der Waals surface area contributed by atoms with Crippen molar-refractivity contribution in [3.63, 3.8) is 0 Å². The molecule has 1 N–H and O–H groups in total. The van der Waals surface area contributed by atoms with Crippen molar-refractivity contribution in [2.24, 2.45) is 0 Å². The zero-order valence-corrected chi connectivity index (χ0v) is 9.96. The first kappa shape index (κ1) is 10.5. The fraction of sp³-hybridized carbons (Fsp3) is 0.231. The van der Waals surface area contributed by atoms with Gasteiger partial charge in [0.05, 0.1) is 0 Å². The van der Waals surface area contributed by atoms with E-state index in [0.717, 1.165) is 28.3 Å². The van der Waals surface area contributed by atoms with Crippen molar-refractivity contribution in [1.29, 1.82) is 0 Å². The van der Waals surface area contributed by atoms with Crippen molar-refractivity contribution in [2.45, 2.75) is 19.3 Å². The third-order valence-corrected chi connectivity index (χ3v) is 4.05. The minimum Gasteiger partial charge on any atom is -0.508 e. The number of thiazole rings is 1. The number of aromatic nitrogens is 1. The fourth-order valence-corrected chi connectivity index (χ4v) is 3.12. The van der Waals surface area contributed by atoms with Gasteiger partial charge in [-0.1, -0.05) is 0 Å². The molecule has 17 heavy (non-hydrogen) atoms. The summed E-state index contributed by atoms with van der Waals surface area (Å²) in [5.74, 6) is 0.402. The van der Waals surface area contributed by atoms with Gasteiger partial charge in [-0.15, -0.1) is 11.3 Å². The van der Waals surface area contributed by atoms with Gasteiger partial charge in [-0.3, -0.25) is 4.79 Å². The molecule has 0 amide bonds. The molecule has 1 aliphatic rings. The van der Waals surface area contributed by atoms with Crippen LogP contribution in [-0.4, -0.2) is 15.9 Å². The Balaban J connectivity index is 2.05. The van der Waals surface area contributed by atoms with Crippen molar-refractivity contribution < 1.29 is 9.90 Å². The van der Waals surface area contributed by atoms with Crippen LogP contribution in [0.5, 0.6) is 5.75 Å². The van der Waals surface area contributed by atoms with Crippen molar-refractivity contribution in [1.82, 2.24) is 4.98 Å². The lowest BCUT2D eigenvalue weighted by Crippen LogP contribution is -2.08. The first-order chi connectivity index (χ1) is 8.24. The molecule has 1 heterocycles. The molecule has 0 bridgehead atoms. The Morgan fingerprint density at radius 1 is 1.18 bits per heavy atom. The Morgan fingerprint density at radius 2 is 1.94 bits per heavy atom. The molecule has 4 heteroatoms. The van der Waals surface area contributed by atoms with Crippen LogP contribution in [0.25, 0.3) is 10.6 Å². The lowest BCUT2D eigenvalue weighted by atomic mass is 10.0. The quantitative estimate of drug-likeness (QED) is 0.840. The molecule has 0 radical (unpaired) electrons. The van der Waals surface area contributed by atoms with Crippen molar-refractivity contribution in [3.05, 3.63) is 34.8 Å². The first-order valence-corrected chi connectivity index (χ1v) is 6.38. The van der Waals surface area contributed by atoms with Gasteiger partial charge in [-0.2, -0.15) is 0 Å². The molecule has 1 aromatic carbocycles. The number of aryl methyl sites for hydroxylation is 1. The summed E-state index contributed by atoms with van der Waals surface area (Å²) < 4.78 is 0. The highest BCUT2D eigenvalue weighted by atomic mass is 32.1. The first-order valence-electron chi connectivity index (χ1n) is 5.56. The molecule has 1 aliphatic carbocycles. The molecule has 3 nitrogen and oxygen atoms in total. The summed E-state index contributed by atoms with van der Waals surface area (Å²) in [7, 11) is 0. The van der Waals surface area contributed by atoms with E-state index in [1.165, 1.54) is 0 Å². The van der Waals surface area contributed by atoms with E-state index in [1.54, 1.807) is 23.5 Å². The smallest absolute Gasteiger partial charge is 0.182 e. The predicted octanol–water partition coefficient (Wildman–Crippen LogP) is 3.03. The van der Waals surface area contributed by atoms with E-state index < -0.39 is 0 Å². The molecule has 3 rings (SSSR count). The second kappa shape index (κ2) is 3.96. The Hall–Kier alpha value is -1.68. The highest BCUT2D eigenvalue weighted by Crippen LogP contribution is 2.33. The summed E-state index contributed by atoms with van der Waals surface area (Å²) in [6.45, 7) is 0. The number of benzene rings is 1. The second-order valence-electron chi connectivity index (χ2n) is 4.11. The number of ketones is 1. The third kappa shape index (κ3) is 1.85. The average molecular weight is 245 g/mol. The van der Waals surface area contributed by atoms with E-state index in [9.17, 15) is 9.90 Å². The highest BCUT2D eigenvalue weighted by Gasteiger charge is 2.22. The molecule has 86 valence electrons. The molecule has 0 unspecified atom stereocenters. The van der Waals surface area contributed by atoms with Crippen LogP contribution in [0, 0.1) is 0 Å². The van der Waals surface area contributed by atoms with E-state index in [-0.39, 0.29) is 11.5 Å². The predicted molar refractivity (Wildman–Crippen MR) is 66.5 cm³/mol. The normalized spacial score (nSPS) is 14.7. The van der Waals surface area contributed by atoms with Gasteiger partial charge in [-0.05, 0) is 37.1 Å². The molecular formula is C13H11NO2S. The molecule has 1 aromatic heterocycles. The number of carbonyl (C=O) groups is 1. The maximum absolute atomic E-state index is 11.7. The van der Waals surface area contributed by atoms with Crippen LogP contribution >= 0.6 is 11.3 Å². The number of aromatic hydroxyl groups is 1. The summed E-state index contributed by atoms with van der Waals surface area (Å²) in [6, 6.07) is 6.92. The number of hydrogen-bond donors (Lipinski definition) is 1. The summed E-state index contributed by atoms with van der Waals surface area (Å²) in [6.07, 6.45) is 2.51. The van der Waals surface area contributed by atoms with Crippen LogP contribution in [0.2, 0.25) is 0 Å². The Kier molecular flexibility index (Phi) is 2.44. The van der Waals surface area contributed by atoms with Crippen LogP contribution in [0.4, 0.5) is 0 Å². The number of phenolic OH excluding ortho intramolecular Hbond substituents is 1. The summed E-state index contributed by atoms with van der Waals surface area (Å²) in [5.41, 5.74) is 1.61. The molecule has 0 spiro atoms. The van der Waals surface area contributed by atoms with Crippen molar-refractivity contribution in [3.8, 4) is 16.3 Å². The fourth-order valence-electron chi connectivity index (χ4n) is 1.99. The number of phenols is 1. The van der Waals surface area contributed by atoms with E-state index in [2.05, 4.69) is 4.98 Å².